The molecule has 5 rings (SSSR count). The lowest BCUT2D eigenvalue weighted by atomic mass is 10.0. The quantitative estimate of drug-likeness (QED) is 0.0946. The number of carbonyl (C=O) groups excluding carboxylic acids is 1. The van der Waals surface area contributed by atoms with Crippen molar-refractivity contribution in [2.75, 3.05) is 5.73 Å². The number of allylic oxidation sites excluding steroid dienone is 2. The summed E-state index contributed by atoms with van der Waals surface area (Å²) in [6.07, 6.45) is 9.72. The Labute approximate surface area is 255 Å². The molecule has 1 amide bonds. The number of nitrogen functional groups attached to an aromatic ring is 1. The van der Waals surface area contributed by atoms with E-state index in [1.807, 2.05) is 0 Å². The summed E-state index contributed by atoms with van der Waals surface area (Å²) in [7, 11) is 1.72. The summed E-state index contributed by atoms with van der Waals surface area (Å²) < 4.78 is 4.01. The SMILES string of the molecule is C#C/C(O)=C(O)\C(O)=C(\O)Cn1c(C(C)NC(=O)c2c(N)nn3cccnc23)cc2cccc(C#Cc3ccnn3C)c2c1=O. The molecule has 5 aromatic rings. The Kier molecular flexibility index (Phi) is 7.89. The number of aryl methyl sites for hydroxylation is 1. The highest BCUT2D eigenvalue weighted by atomic mass is 16.3. The number of aliphatic hydroxyl groups is 4. The molecule has 14 nitrogen and oxygen atoms in total. The zero-order chi connectivity index (χ0) is 32.4. The van der Waals surface area contributed by atoms with Gasteiger partial charge in [0.05, 0.1) is 24.2 Å². The molecule has 0 saturated heterocycles. The zero-order valence-corrected chi connectivity index (χ0v) is 23.9. The number of fused-ring (bicyclic) bond motifs is 2. The molecule has 14 heteroatoms. The molecule has 1 unspecified atom stereocenters. The van der Waals surface area contributed by atoms with Gasteiger partial charge in [-0.3, -0.25) is 14.3 Å². The lowest BCUT2D eigenvalue weighted by Gasteiger charge is -2.21. The number of nitrogens with zero attached hydrogens (tertiary/aromatic N) is 6. The fourth-order valence-corrected chi connectivity index (χ4v) is 4.68. The van der Waals surface area contributed by atoms with Gasteiger partial charge >= 0.3 is 0 Å². The van der Waals surface area contributed by atoms with Crippen LogP contribution in [0.1, 0.15) is 40.3 Å². The van der Waals surface area contributed by atoms with Crippen LogP contribution in [-0.2, 0) is 13.6 Å². The molecule has 226 valence electrons. The predicted octanol–water partition coefficient (Wildman–Crippen LogP) is 2.54. The van der Waals surface area contributed by atoms with Gasteiger partial charge in [0.15, 0.2) is 17.2 Å². The molecule has 45 heavy (non-hydrogen) atoms. The van der Waals surface area contributed by atoms with E-state index in [1.165, 1.54) is 10.7 Å². The average molecular weight is 607 g/mol. The molecule has 0 saturated carbocycles. The van der Waals surface area contributed by atoms with Crippen molar-refractivity contribution in [2.45, 2.75) is 19.5 Å². The number of carbonyl (C=O) groups is 1. The van der Waals surface area contributed by atoms with E-state index in [0.717, 1.165) is 4.57 Å². The number of aromatic nitrogens is 6. The number of rotatable bonds is 6. The first-order chi connectivity index (χ1) is 21.5. The summed E-state index contributed by atoms with van der Waals surface area (Å²) in [6, 6.07) is 9.11. The van der Waals surface area contributed by atoms with E-state index in [-0.39, 0.29) is 28.1 Å². The molecule has 0 aliphatic heterocycles. The fraction of sp³-hybridized carbons (Fsp3) is 0.129. The number of anilines is 1. The summed E-state index contributed by atoms with van der Waals surface area (Å²) in [6.45, 7) is 0.903. The minimum absolute atomic E-state index is 0.0186. The summed E-state index contributed by atoms with van der Waals surface area (Å²) in [5.41, 5.74) is 6.77. The number of hydrogen-bond donors (Lipinski definition) is 6. The maximum Gasteiger partial charge on any atom is 0.260 e. The Hall–Kier alpha value is -6.67. The van der Waals surface area contributed by atoms with Gasteiger partial charge in [0, 0.05) is 30.7 Å². The molecule has 0 fully saturated rings. The summed E-state index contributed by atoms with van der Waals surface area (Å²) in [4.78, 5) is 31.7. The van der Waals surface area contributed by atoms with Crippen molar-refractivity contribution in [1.29, 1.82) is 0 Å². The first kappa shape index (κ1) is 29.8. The van der Waals surface area contributed by atoms with Crippen LogP contribution in [0.15, 0.2) is 82.8 Å². The molecule has 0 aliphatic rings. The highest BCUT2D eigenvalue weighted by molar-refractivity contribution is 6.04. The van der Waals surface area contributed by atoms with E-state index < -0.39 is 47.1 Å². The normalized spacial score (nSPS) is 12.9. The van der Waals surface area contributed by atoms with Crippen molar-refractivity contribution >= 4 is 28.1 Å². The van der Waals surface area contributed by atoms with Gasteiger partial charge in [-0.2, -0.15) is 5.10 Å². The first-order valence-electron chi connectivity index (χ1n) is 13.3. The molecule has 4 heterocycles. The number of hydrogen-bond acceptors (Lipinski definition) is 10. The van der Waals surface area contributed by atoms with E-state index in [0.29, 0.717) is 16.6 Å². The molecule has 0 radical (unpaired) electrons. The second-order valence-electron chi connectivity index (χ2n) is 9.80. The Morgan fingerprint density at radius 3 is 2.60 bits per heavy atom. The van der Waals surface area contributed by atoms with Crippen molar-refractivity contribution in [2.24, 2.45) is 7.05 Å². The van der Waals surface area contributed by atoms with E-state index in [9.17, 15) is 30.0 Å². The first-order valence-corrected chi connectivity index (χ1v) is 13.3. The number of pyridine rings is 1. The van der Waals surface area contributed by atoms with Crippen molar-refractivity contribution in [3.63, 3.8) is 0 Å². The van der Waals surface area contributed by atoms with Gasteiger partial charge < -0.3 is 36.0 Å². The highest BCUT2D eigenvalue weighted by Gasteiger charge is 2.24. The molecule has 0 spiro atoms. The number of nitrogens with two attached hydrogens (primary N) is 1. The average Bonchev–Trinajstić information content (AvgIpc) is 3.60. The van der Waals surface area contributed by atoms with Gasteiger partial charge in [0.2, 0.25) is 17.3 Å². The molecular weight excluding hydrogens is 580 g/mol. The lowest BCUT2D eigenvalue weighted by Crippen LogP contribution is -2.33. The highest BCUT2D eigenvalue weighted by Crippen LogP contribution is 2.24. The third kappa shape index (κ3) is 5.59. The van der Waals surface area contributed by atoms with E-state index in [1.54, 1.807) is 73.4 Å². The van der Waals surface area contributed by atoms with Gasteiger partial charge in [0.1, 0.15) is 11.3 Å². The number of benzene rings is 1. The van der Waals surface area contributed by atoms with Crippen LogP contribution in [0.5, 0.6) is 0 Å². The Morgan fingerprint density at radius 1 is 1.11 bits per heavy atom. The summed E-state index contributed by atoms with van der Waals surface area (Å²) in [5.74, 6) is 2.77. The van der Waals surface area contributed by atoms with Gasteiger partial charge in [-0.15, -0.1) is 11.5 Å². The van der Waals surface area contributed by atoms with Crippen molar-refractivity contribution in [1.82, 2.24) is 34.3 Å². The number of nitrogens with one attached hydrogen (secondary N) is 1. The smallest absolute Gasteiger partial charge is 0.260 e. The van der Waals surface area contributed by atoms with Crippen LogP contribution in [0, 0.1) is 24.2 Å². The summed E-state index contributed by atoms with van der Waals surface area (Å²) in [5, 5.41) is 52.4. The number of amides is 1. The minimum atomic E-state index is -1.16. The second kappa shape index (κ2) is 11.9. The fourth-order valence-electron chi connectivity index (χ4n) is 4.68. The number of terminal acetylenes is 1. The lowest BCUT2D eigenvalue weighted by molar-refractivity contribution is 0.0940. The zero-order valence-electron chi connectivity index (χ0n) is 23.9. The number of aliphatic hydroxyl groups excluding tert-OH is 4. The Balaban J connectivity index is 1.66. The van der Waals surface area contributed by atoms with E-state index in [2.05, 4.69) is 32.3 Å². The predicted molar refractivity (Wildman–Crippen MR) is 164 cm³/mol. The van der Waals surface area contributed by atoms with Crippen LogP contribution in [0.2, 0.25) is 0 Å². The Bertz CT molecular complexity index is 2220. The van der Waals surface area contributed by atoms with Crippen molar-refractivity contribution < 1.29 is 25.2 Å². The molecule has 1 aromatic carbocycles. The van der Waals surface area contributed by atoms with Crippen LogP contribution >= 0.6 is 0 Å². The molecule has 0 bridgehead atoms. The largest absolute Gasteiger partial charge is 0.507 e. The van der Waals surface area contributed by atoms with Gasteiger partial charge in [-0.1, -0.05) is 18.1 Å². The van der Waals surface area contributed by atoms with Crippen molar-refractivity contribution in [3.8, 4) is 24.2 Å². The third-order valence-corrected chi connectivity index (χ3v) is 6.92. The van der Waals surface area contributed by atoms with Crippen LogP contribution < -0.4 is 16.6 Å². The topological polar surface area (TPSA) is 206 Å². The standard InChI is InChI=1S/C31H26N8O6/c1-4-22(40)26(42)27(43)23(41)16-38-21(17(2)35-30(44)25-28(32)36-39-14-6-12-33-29(25)39)15-19-8-5-7-18(24(19)31(38)45)9-10-20-11-13-34-37(20)3/h1,5-8,11-15,17,40-43H,16H2,2-3H3,(H2,32,36)(H,35,44)/b26-22-,27-23-. The monoisotopic (exact) mass is 606 g/mol. The van der Waals surface area contributed by atoms with Gasteiger partial charge in [-0.25, -0.2) is 9.50 Å². The second-order valence-corrected chi connectivity index (χ2v) is 9.80. The van der Waals surface area contributed by atoms with E-state index in [4.69, 9.17) is 12.2 Å². The molecule has 4 aromatic heterocycles. The van der Waals surface area contributed by atoms with Gasteiger partial charge in [-0.05, 0) is 48.4 Å². The molecule has 1 atom stereocenters. The van der Waals surface area contributed by atoms with Crippen molar-refractivity contribution in [3.05, 3.63) is 111 Å². The Morgan fingerprint density at radius 2 is 1.89 bits per heavy atom. The van der Waals surface area contributed by atoms with Crippen LogP contribution in [0.25, 0.3) is 16.4 Å². The maximum atomic E-state index is 14.1. The molecule has 7 N–H and O–H groups in total. The minimum Gasteiger partial charge on any atom is -0.507 e. The van der Waals surface area contributed by atoms with Crippen LogP contribution in [0.4, 0.5) is 5.82 Å². The van der Waals surface area contributed by atoms with Crippen LogP contribution in [-0.4, -0.2) is 55.3 Å². The van der Waals surface area contributed by atoms with E-state index >= 15 is 0 Å². The third-order valence-electron chi connectivity index (χ3n) is 6.92. The van der Waals surface area contributed by atoms with Gasteiger partial charge in [0.25, 0.3) is 11.5 Å². The molecular formula is C31H26N8O6. The maximum absolute atomic E-state index is 14.1. The summed E-state index contributed by atoms with van der Waals surface area (Å²) >= 11 is 0. The van der Waals surface area contributed by atoms with Crippen LogP contribution in [0.3, 0.4) is 0 Å². The molecule has 0 aliphatic carbocycles.